The number of carboxylic acids is 2. The molecule has 7 atom stereocenters. The van der Waals surface area contributed by atoms with Gasteiger partial charge in [0.05, 0.1) is 19.7 Å². The van der Waals surface area contributed by atoms with Gasteiger partial charge in [-0.05, 0) is 63.0 Å². The first-order valence-electron chi connectivity index (χ1n) is 21.0. The Morgan fingerprint density at radius 3 is 1.72 bits per heavy atom. The molecular weight excluding hydrogens is 841 g/mol. The van der Waals surface area contributed by atoms with E-state index in [-0.39, 0.29) is 38.1 Å². The first-order chi connectivity index (χ1) is 30.1. The average Bonchev–Trinajstić information content (AvgIpc) is 3.23. The van der Waals surface area contributed by atoms with Gasteiger partial charge in [-0.2, -0.15) is 0 Å². The Balaban J connectivity index is 2.97. The Hall–Kier alpha value is -6.20. The summed E-state index contributed by atoms with van der Waals surface area (Å²) in [6.07, 6.45) is 0.226. The van der Waals surface area contributed by atoms with Gasteiger partial charge in [0, 0.05) is 12.8 Å². The third kappa shape index (κ3) is 21.7. The first-order valence-corrected chi connectivity index (χ1v) is 21.0. The molecule has 23 nitrogen and oxygen atoms in total. The summed E-state index contributed by atoms with van der Waals surface area (Å²) in [6, 6.07) is -0.138. The number of aliphatic hydroxyl groups is 1. The second-order valence-electron chi connectivity index (χ2n) is 15.9. The molecule has 358 valence electrons. The summed E-state index contributed by atoms with van der Waals surface area (Å²) < 4.78 is 0. The molecule has 0 aliphatic rings. The van der Waals surface area contributed by atoms with Crippen molar-refractivity contribution >= 4 is 59.2 Å². The standard InChI is InChI=1S/C41H66N10O13/c1-22(2)17-29(50-40(62)30(49-36(58)26(43)21-52)18-25-11-7-6-8-12-25)39(61)48-27(13-9-10-16-42)37(59)46-24(5)35(57)45-19-31(53)44-20-32(54)47-28(14-15-33(55)56)38(60)51-34(23(3)4)41(63)64/h6-8,11-12,22-24,26-30,34,52H,9-10,13-21,42-43H2,1-5H3,(H,44,53)(H,45,57)(H,46,59)(H,47,54)(H,48,61)(H,49,58)(H,50,62)(H,51,60)(H,55,56)(H,63,64)/t24-,26-,27-,28-,29-,30-,34-/m0/s1. The highest BCUT2D eigenvalue weighted by atomic mass is 16.4. The van der Waals surface area contributed by atoms with Crippen LogP contribution in [0, 0.1) is 11.8 Å². The van der Waals surface area contributed by atoms with E-state index >= 15 is 0 Å². The molecule has 0 aliphatic carbocycles. The number of aliphatic hydroxyl groups excluding tert-OH is 1. The third-order valence-electron chi connectivity index (χ3n) is 9.52. The number of carbonyl (C=O) groups excluding carboxylic acids is 8. The van der Waals surface area contributed by atoms with E-state index in [1.54, 1.807) is 44.2 Å². The van der Waals surface area contributed by atoms with Crippen LogP contribution in [0.4, 0.5) is 0 Å². The van der Waals surface area contributed by atoms with Gasteiger partial charge in [-0.15, -0.1) is 0 Å². The van der Waals surface area contributed by atoms with Crippen LogP contribution in [0.1, 0.15) is 78.7 Å². The van der Waals surface area contributed by atoms with Gasteiger partial charge in [0.25, 0.3) is 0 Å². The van der Waals surface area contributed by atoms with Gasteiger partial charge in [-0.1, -0.05) is 58.0 Å². The van der Waals surface area contributed by atoms with E-state index in [9.17, 15) is 58.2 Å². The van der Waals surface area contributed by atoms with Crippen molar-refractivity contribution in [2.75, 3.05) is 26.2 Å². The largest absolute Gasteiger partial charge is 0.481 e. The summed E-state index contributed by atoms with van der Waals surface area (Å²) in [6.45, 7) is 6.28. The lowest BCUT2D eigenvalue weighted by Crippen LogP contribution is -2.59. The van der Waals surface area contributed by atoms with Crippen LogP contribution in [0.15, 0.2) is 30.3 Å². The number of hydrogen-bond donors (Lipinski definition) is 13. The zero-order valence-electron chi connectivity index (χ0n) is 36.9. The molecular formula is C41H66N10O13. The molecule has 0 heterocycles. The van der Waals surface area contributed by atoms with Gasteiger partial charge in [-0.25, -0.2) is 4.79 Å². The van der Waals surface area contributed by atoms with Crippen LogP contribution >= 0.6 is 0 Å². The predicted molar refractivity (Wildman–Crippen MR) is 230 cm³/mol. The molecule has 0 saturated heterocycles. The Bertz CT molecular complexity index is 1750. The molecule has 15 N–H and O–H groups in total. The molecule has 0 radical (unpaired) electrons. The van der Waals surface area contributed by atoms with E-state index < -0.39 is 134 Å². The van der Waals surface area contributed by atoms with Crippen molar-refractivity contribution in [1.82, 2.24) is 42.5 Å². The number of hydrogen-bond acceptors (Lipinski definition) is 13. The number of benzene rings is 1. The van der Waals surface area contributed by atoms with Crippen molar-refractivity contribution in [3.63, 3.8) is 0 Å². The number of nitrogens with two attached hydrogens (primary N) is 2. The molecule has 23 heteroatoms. The van der Waals surface area contributed by atoms with Crippen LogP contribution in [0.25, 0.3) is 0 Å². The van der Waals surface area contributed by atoms with Crippen LogP contribution in [0.2, 0.25) is 0 Å². The summed E-state index contributed by atoms with van der Waals surface area (Å²) in [5.74, 6) is -9.80. The maximum Gasteiger partial charge on any atom is 0.326 e. The number of aliphatic carboxylic acids is 2. The molecule has 64 heavy (non-hydrogen) atoms. The van der Waals surface area contributed by atoms with Crippen LogP contribution in [-0.4, -0.2) is 143 Å². The number of amides is 8. The molecule has 0 spiro atoms. The lowest BCUT2D eigenvalue weighted by Gasteiger charge is -2.27. The lowest BCUT2D eigenvalue weighted by atomic mass is 10.00. The molecule has 0 fully saturated rings. The number of carboxylic acid groups (broad SMARTS) is 2. The van der Waals surface area contributed by atoms with Crippen molar-refractivity contribution in [2.45, 2.75) is 122 Å². The van der Waals surface area contributed by atoms with Gasteiger partial charge in [0.2, 0.25) is 47.3 Å². The molecule has 0 saturated carbocycles. The minimum absolute atomic E-state index is 0.0287. The molecule has 1 rings (SSSR count). The van der Waals surface area contributed by atoms with E-state index in [1.165, 1.54) is 6.92 Å². The van der Waals surface area contributed by atoms with Crippen LogP contribution in [0.3, 0.4) is 0 Å². The Morgan fingerprint density at radius 1 is 0.609 bits per heavy atom. The van der Waals surface area contributed by atoms with Crippen LogP contribution < -0.4 is 54.0 Å². The van der Waals surface area contributed by atoms with Crippen molar-refractivity contribution in [2.24, 2.45) is 23.3 Å². The highest BCUT2D eigenvalue weighted by Crippen LogP contribution is 2.11. The van der Waals surface area contributed by atoms with E-state index in [2.05, 4.69) is 42.5 Å². The molecule has 1 aromatic carbocycles. The molecule has 1 aromatic rings. The monoisotopic (exact) mass is 906 g/mol. The highest BCUT2D eigenvalue weighted by molar-refractivity contribution is 5.97. The Kier molecular flexibility index (Phi) is 25.5. The summed E-state index contributed by atoms with van der Waals surface area (Å²) in [7, 11) is 0. The van der Waals surface area contributed by atoms with Gasteiger partial charge in [0.15, 0.2) is 0 Å². The fraction of sp³-hybridized carbons (Fsp3) is 0.610. The number of rotatable bonds is 30. The van der Waals surface area contributed by atoms with Crippen molar-refractivity contribution in [3.8, 4) is 0 Å². The van der Waals surface area contributed by atoms with E-state index in [1.807, 2.05) is 13.8 Å². The van der Waals surface area contributed by atoms with Crippen molar-refractivity contribution in [3.05, 3.63) is 35.9 Å². The number of unbranched alkanes of at least 4 members (excludes halogenated alkanes) is 1. The summed E-state index contributed by atoms with van der Waals surface area (Å²) >= 11 is 0. The van der Waals surface area contributed by atoms with E-state index in [0.29, 0.717) is 18.4 Å². The first kappa shape index (κ1) is 55.8. The van der Waals surface area contributed by atoms with Crippen LogP contribution in [0.5, 0.6) is 0 Å². The zero-order valence-corrected chi connectivity index (χ0v) is 36.9. The maximum absolute atomic E-state index is 13.8. The molecule has 0 aromatic heterocycles. The molecule has 0 aliphatic heterocycles. The van der Waals surface area contributed by atoms with E-state index in [4.69, 9.17) is 16.6 Å². The second-order valence-corrected chi connectivity index (χ2v) is 15.9. The zero-order chi connectivity index (χ0) is 48.5. The lowest BCUT2D eigenvalue weighted by molar-refractivity contribution is -0.144. The Labute approximate surface area is 371 Å². The normalized spacial score (nSPS) is 14.3. The predicted octanol–water partition coefficient (Wildman–Crippen LogP) is -3.51. The van der Waals surface area contributed by atoms with Gasteiger partial charge in [0.1, 0.15) is 42.3 Å². The van der Waals surface area contributed by atoms with Crippen LogP contribution in [-0.2, 0) is 54.4 Å². The summed E-state index contributed by atoms with van der Waals surface area (Å²) in [5.41, 5.74) is 12.0. The molecule has 0 unspecified atom stereocenters. The summed E-state index contributed by atoms with van der Waals surface area (Å²) in [5, 5.41) is 47.2. The SMILES string of the molecule is CC(C)C[C@H](NC(=O)[C@H](Cc1ccccc1)NC(=O)[C@@H](N)CO)C(=O)N[C@@H](CCCCN)C(=O)N[C@@H](C)C(=O)NCC(=O)NCC(=O)N[C@@H](CCC(=O)O)C(=O)N[C@H](C(=O)O)C(C)C. The minimum Gasteiger partial charge on any atom is -0.481 e. The topological polar surface area (TPSA) is 380 Å². The fourth-order valence-corrected chi connectivity index (χ4v) is 5.92. The molecule has 8 amide bonds. The minimum atomic E-state index is -1.44. The van der Waals surface area contributed by atoms with Crippen molar-refractivity contribution < 1.29 is 63.3 Å². The summed E-state index contributed by atoms with van der Waals surface area (Å²) in [4.78, 5) is 127. The smallest absolute Gasteiger partial charge is 0.326 e. The number of nitrogens with one attached hydrogen (secondary N) is 8. The fourth-order valence-electron chi connectivity index (χ4n) is 5.92. The average molecular weight is 907 g/mol. The second kappa shape index (κ2) is 29.2. The quantitative estimate of drug-likeness (QED) is 0.0333. The molecule has 0 bridgehead atoms. The number of carbonyl (C=O) groups is 10. The van der Waals surface area contributed by atoms with Gasteiger partial charge < -0.3 is 69.3 Å². The Morgan fingerprint density at radius 2 is 1.16 bits per heavy atom. The highest BCUT2D eigenvalue weighted by Gasteiger charge is 2.32. The third-order valence-corrected chi connectivity index (χ3v) is 9.52. The van der Waals surface area contributed by atoms with Gasteiger partial charge in [-0.3, -0.25) is 43.2 Å². The van der Waals surface area contributed by atoms with Crippen molar-refractivity contribution in [1.29, 1.82) is 0 Å². The van der Waals surface area contributed by atoms with Gasteiger partial charge >= 0.3 is 11.9 Å². The maximum atomic E-state index is 13.8. The van der Waals surface area contributed by atoms with E-state index in [0.717, 1.165) is 0 Å².